The first-order valence-electron chi connectivity index (χ1n) is 12.9. The van der Waals surface area contributed by atoms with Crippen molar-refractivity contribution in [1.82, 2.24) is 4.98 Å². The van der Waals surface area contributed by atoms with Gasteiger partial charge in [0, 0.05) is 24.2 Å². The van der Waals surface area contributed by atoms with Crippen LogP contribution in [-0.2, 0) is 6.42 Å². The molecule has 1 N–H and O–H groups in total. The highest BCUT2D eigenvalue weighted by Crippen LogP contribution is 2.37. The smallest absolute Gasteiger partial charge is 0.262 e. The number of carbonyl (C=O) groups is 1. The van der Waals surface area contributed by atoms with Crippen molar-refractivity contribution in [3.8, 4) is 17.6 Å². The molecule has 4 rings (SSSR count). The lowest BCUT2D eigenvalue weighted by Gasteiger charge is -2.33. The van der Waals surface area contributed by atoms with Gasteiger partial charge in [0.1, 0.15) is 11.5 Å². The Bertz CT molecular complexity index is 1510. The van der Waals surface area contributed by atoms with E-state index in [0.717, 1.165) is 23.6 Å². The quantitative estimate of drug-likeness (QED) is 0.166. The number of nitrogens with one attached hydrogen (secondary N) is 1. The molecule has 0 bridgehead atoms. The number of H-pyrrole nitrogens is 1. The van der Waals surface area contributed by atoms with E-state index in [4.69, 9.17) is 9.47 Å². The van der Waals surface area contributed by atoms with E-state index >= 15 is 0 Å². The number of carbonyl (C=O) groups excluding carboxylic acids is 1. The highest BCUT2D eigenvalue weighted by Gasteiger charge is 2.32. The summed E-state index contributed by atoms with van der Waals surface area (Å²) in [5, 5.41) is 11.0. The number of aromatic nitrogens is 1. The fraction of sp³-hybridized carbons (Fsp3) is 0.290. The second-order valence-electron chi connectivity index (χ2n) is 9.84. The molecular formula is C31H31I2N3O3. The molecule has 0 aliphatic carbocycles. The predicted molar refractivity (Wildman–Crippen MR) is 173 cm³/mol. The van der Waals surface area contributed by atoms with Crippen molar-refractivity contribution in [2.24, 2.45) is 0 Å². The fourth-order valence-corrected chi connectivity index (χ4v) is 5.54. The van der Waals surface area contributed by atoms with Crippen LogP contribution in [0.5, 0.6) is 11.5 Å². The summed E-state index contributed by atoms with van der Waals surface area (Å²) in [7, 11) is 0. The van der Waals surface area contributed by atoms with Crippen LogP contribution in [0.25, 0.3) is 10.9 Å². The molecule has 202 valence electrons. The van der Waals surface area contributed by atoms with E-state index in [1.165, 1.54) is 0 Å². The third-order valence-electron chi connectivity index (χ3n) is 6.12. The van der Waals surface area contributed by atoms with Crippen LogP contribution in [0.15, 0.2) is 66.9 Å². The summed E-state index contributed by atoms with van der Waals surface area (Å²) in [6.07, 6.45) is 2.39. The van der Waals surface area contributed by atoms with Gasteiger partial charge < -0.3 is 19.4 Å². The van der Waals surface area contributed by atoms with Gasteiger partial charge in [-0.05, 0) is 127 Å². The van der Waals surface area contributed by atoms with E-state index in [0.29, 0.717) is 29.2 Å². The maximum absolute atomic E-state index is 14.6. The molecule has 0 aliphatic heterocycles. The van der Waals surface area contributed by atoms with Crippen LogP contribution in [0, 0.1) is 18.5 Å². The molecule has 6 nitrogen and oxygen atoms in total. The van der Waals surface area contributed by atoms with Crippen LogP contribution in [0.2, 0.25) is 0 Å². The number of amides is 1. The Kier molecular flexibility index (Phi) is 9.77. The van der Waals surface area contributed by atoms with Crippen molar-refractivity contribution in [3.05, 3.63) is 85.1 Å². The van der Waals surface area contributed by atoms with Crippen LogP contribution < -0.4 is 14.4 Å². The van der Waals surface area contributed by atoms with Crippen molar-refractivity contribution < 1.29 is 14.3 Å². The number of fused-ring (bicyclic) bond motifs is 1. The Morgan fingerprint density at radius 2 is 1.59 bits per heavy atom. The van der Waals surface area contributed by atoms with Crippen molar-refractivity contribution in [2.75, 3.05) is 4.90 Å². The Labute approximate surface area is 257 Å². The van der Waals surface area contributed by atoms with Gasteiger partial charge in [-0.1, -0.05) is 18.2 Å². The monoisotopic (exact) mass is 747 g/mol. The summed E-state index contributed by atoms with van der Waals surface area (Å²) >= 11 is 4.45. The van der Waals surface area contributed by atoms with E-state index in [-0.39, 0.29) is 24.5 Å². The molecule has 39 heavy (non-hydrogen) atoms. The maximum Gasteiger partial charge on any atom is 0.262 e. The van der Waals surface area contributed by atoms with E-state index < -0.39 is 6.04 Å². The van der Waals surface area contributed by atoms with Gasteiger partial charge in [0.15, 0.2) is 0 Å². The van der Waals surface area contributed by atoms with Crippen LogP contribution in [-0.4, -0.2) is 29.1 Å². The van der Waals surface area contributed by atoms with Gasteiger partial charge in [-0.3, -0.25) is 4.79 Å². The molecule has 3 aromatic carbocycles. The molecule has 4 aromatic rings. The molecule has 8 heteroatoms. The van der Waals surface area contributed by atoms with Crippen molar-refractivity contribution >= 4 is 67.7 Å². The Hall–Kier alpha value is -2.78. The van der Waals surface area contributed by atoms with Crippen LogP contribution in [0.4, 0.5) is 5.69 Å². The maximum atomic E-state index is 14.6. The van der Waals surface area contributed by atoms with Crippen molar-refractivity contribution in [1.29, 1.82) is 5.26 Å². The second-order valence-corrected chi connectivity index (χ2v) is 12.3. The first-order valence-corrected chi connectivity index (χ1v) is 15.0. The van der Waals surface area contributed by atoms with Gasteiger partial charge >= 0.3 is 0 Å². The Morgan fingerprint density at radius 1 is 0.949 bits per heavy atom. The number of para-hydroxylation sites is 1. The Morgan fingerprint density at radius 3 is 2.28 bits per heavy atom. The van der Waals surface area contributed by atoms with Crippen LogP contribution >= 0.6 is 45.2 Å². The molecule has 0 fully saturated rings. The lowest BCUT2D eigenvalue weighted by molar-refractivity contribution is 0.0969. The summed E-state index contributed by atoms with van der Waals surface area (Å²) < 4.78 is 14.2. The van der Waals surface area contributed by atoms with Gasteiger partial charge in [-0.15, -0.1) is 0 Å². The van der Waals surface area contributed by atoms with Crippen molar-refractivity contribution in [2.45, 2.75) is 58.8 Å². The van der Waals surface area contributed by atoms with Crippen molar-refractivity contribution in [3.63, 3.8) is 0 Å². The van der Waals surface area contributed by atoms with Gasteiger partial charge in [-0.2, -0.15) is 5.26 Å². The van der Waals surface area contributed by atoms with Gasteiger partial charge in [0.25, 0.3) is 5.91 Å². The molecule has 1 aromatic heterocycles. The molecule has 1 amide bonds. The zero-order chi connectivity index (χ0) is 28.1. The minimum absolute atomic E-state index is 0.0960. The summed E-state index contributed by atoms with van der Waals surface area (Å²) in [6.45, 7) is 7.79. The number of halogens is 2. The normalized spacial score (nSPS) is 12.0. The average Bonchev–Trinajstić information content (AvgIpc) is 3.29. The average molecular weight is 747 g/mol. The van der Waals surface area contributed by atoms with Crippen LogP contribution in [0.1, 0.15) is 50.0 Å². The first kappa shape index (κ1) is 29.2. The molecule has 0 aliphatic rings. The number of nitriles is 1. The number of hydrogen-bond acceptors (Lipinski definition) is 4. The lowest BCUT2D eigenvalue weighted by Crippen LogP contribution is -2.42. The fourth-order valence-electron chi connectivity index (χ4n) is 4.57. The van der Waals surface area contributed by atoms with E-state index in [1.54, 1.807) is 4.90 Å². The largest absolute Gasteiger partial charge is 0.490 e. The molecule has 1 unspecified atom stereocenters. The summed E-state index contributed by atoms with van der Waals surface area (Å²) in [5.41, 5.74) is 3.15. The number of hydrogen-bond donors (Lipinski definition) is 1. The zero-order valence-electron chi connectivity index (χ0n) is 22.4. The number of nitrogens with zero attached hydrogens (tertiary/aromatic N) is 2. The molecule has 0 radical (unpaired) electrons. The van der Waals surface area contributed by atoms with Gasteiger partial charge in [0.2, 0.25) is 0 Å². The van der Waals surface area contributed by atoms with E-state index in [1.807, 2.05) is 88.5 Å². The highest BCUT2D eigenvalue weighted by atomic mass is 127. The Balaban J connectivity index is 1.91. The minimum atomic E-state index is -0.459. The number of ether oxygens (including phenoxy) is 2. The number of anilines is 1. The highest BCUT2D eigenvalue weighted by molar-refractivity contribution is 14.1. The first-order chi connectivity index (χ1) is 18.7. The van der Waals surface area contributed by atoms with Gasteiger partial charge in [0.05, 0.1) is 42.0 Å². The number of benzene rings is 3. The minimum Gasteiger partial charge on any atom is -0.490 e. The van der Waals surface area contributed by atoms with E-state index in [2.05, 4.69) is 62.3 Å². The summed E-state index contributed by atoms with van der Waals surface area (Å²) in [4.78, 5) is 19.7. The number of rotatable bonds is 10. The number of aromatic amines is 1. The second kappa shape index (κ2) is 13.0. The molecule has 0 spiro atoms. The zero-order valence-corrected chi connectivity index (χ0v) is 26.7. The summed E-state index contributed by atoms with van der Waals surface area (Å²) in [5.74, 6) is 0.873. The standard InChI is InChI=1S/C31H31I2N3O3/c1-19(2)38-29-11-9-22(32)16-26(29)31(37)36(28-17-23(33)10-12-30(28)39-20(3)4)24(13-14-34)15-21-18-35-27-8-6-5-7-25(21)27/h5-12,16-20,24,35H,13,15H2,1-4H3. The molecular weight excluding hydrogens is 716 g/mol. The lowest BCUT2D eigenvalue weighted by atomic mass is 9.99. The third-order valence-corrected chi connectivity index (χ3v) is 7.46. The van der Waals surface area contributed by atoms with Gasteiger partial charge in [-0.25, -0.2) is 0 Å². The SMILES string of the molecule is CC(C)Oc1ccc(I)cc1C(=O)N(c1cc(I)ccc1OC(C)C)C(CC#N)Cc1c[nH]c2ccccc12. The third kappa shape index (κ3) is 7.06. The summed E-state index contributed by atoms with van der Waals surface area (Å²) in [6, 6.07) is 21.4. The topological polar surface area (TPSA) is 78.3 Å². The molecule has 1 heterocycles. The van der Waals surface area contributed by atoms with E-state index in [9.17, 15) is 10.1 Å². The molecule has 0 saturated carbocycles. The molecule has 1 atom stereocenters. The predicted octanol–water partition coefficient (Wildman–Crippen LogP) is 8.12. The molecule has 0 saturated heterocycles. The van der Waals surface area contributed by atoms with Crippen LogP contribution in [0.3, 0.4) is 0 Å².